The van der Waals surface area contributed by atoms with Crippen LogP contribution in [0.2, 0.25) is 0 Å². The lowest BCUT2D eigenvalue weighted by Crippen LogP contribution is -2.48. The summed E-state index contributed by atoms with van der Waals surface area (Å²) in [5.41, 5.74) is 1.77. The number of ether oxygens (including phenoxy) is 1. The summed E-state index contributed by atoms with van der Waals surface area (Å²) in [6.45, 7) is 4.83. The average Bonchev–Trinajstić information content (AvgIpc) is 2.81. The number of hydrogen-bond acceptors (Lipinski definition) is 5. The molecule has 0 heterocycles. The number of carbonyl (C=O) groups is 2. The minimum Gasteiger partial charge on any atom is -0.383 e. The SMILES string of the molecule is CCNS(=O)(=O)c1ccc(CCC(=O)N(Cc2ccccc2)[C@@H](C)C(=O)NCCOC)cc1. The monoisotopic (exact) mass is 475 g/mol. The normalized spacial score (nSPS) is 12.2. The van der Waals surface area contributed by atoms with Crippen LogP contribution in [-0.4, -0.2) is 58.0 Å². The van der Waals surface area contributed by atoms with Crippen LogP contribution >= 0.6 is 0 Å². The molecule has 0 bridgehead atoms. The fraction of sp³-hybridized carbons (Fsp3) is 0.417. The Bertz CT molecular complexity index is 995. The first-order valence-corrected chi connectivity index (χ1v) is 12.5. The van der Waals surface area contributed by atoms with Gasteiger partial charge in [0.2, 0.25) is 21.8 Å². The number of rotatable bonds is 13. The van der Waals surface area contributed by atoms with Crippen LogP contribution in [-0.2, 0) is 37.3 Å². The summed E-state index contributed by atoms with van der Waals surface area (Å²) in [6.07, 6.45) is 0.630. The standard InChI is InChI=1S/C24H33N3O5S/c1-4-26-33(30,31)22-13-10-20(11-14-22)12-15-23(28)27(18-21-8-6-5-7-9-21)19(2)24(29)25-16-17-32-3/h5-11,13-14,19,26H,4,12,15-18H2,1-3H3,(H,25,29)/t19-/m0/s1. The highest BCUT2D eigenvalue weighted by molar-refractivity contribution is 7.89. The van der Waals surface area contributed by atoms with Gasteiger partial charge < -0.3 is 15.0 Å². The summed E-state index contributed by atoms with van der Waals surface area (Å²) in [5.74, 6) is -0.396. The molecule has 2 aromatic carbocycles. The minimum absolute atomic E-state index is 0.155. The molecule has 0 aliphatic heterocycles. The summed E-state index contributed by atoms with van der Waals surface area (Å²) in [5, 5.41) is 2.79. The first-order valence-electron chi connectivity index (χ1n) is 11.0. The number of nitrogens with zero attached hydrogens (tertiary/aromatic N) is 1. The largest absolute Gasteiger partial charge is 0.383 e. The lowest BCUT2D eigenvalue weighted by atomic mass is 10.1. The lowest BCUT2D eigenvalue weighted by Gasteiger charge is -2.29. The van der Waals surface area contributed by atoms with E-state index in [4.69, 9.17) is 4.74 Å². The molecule has 33 heavy (non-hydrogen) atoms. The highest BCUT2D eigenvalue weighted by atomic mass is 32.2. The van der Waals surface area contributed by atoms with Gasteiger partial charge in [-0.2, -0.15) is 0 Å². The molecular formula is C24H33N3O5S. The summed E-state index contributed by atoms with van der Waals surface area (Å²) in [6, 6.07) is 15.3. The van der Waals surface area contributed by atoms with E-state index in [0.717, 1.165) is 11.1 Å². The Balaban J connectivity index is 2.08. The molecule has 0 saturated heterocycles. The van der Waals surface area contributed by atoms with Gasteiger partial charge in [0.1, 0.15) is 6.04 Å². The van der Waals surface area contributed by atoms with Crippen LogP contribution in [0, 0.1) is 0 Å². The molecule has 0 aliphatic carbocycles. The van der Waals surface area contributed by atoms with Gasteiger partial charge in [0.15, 0.2) is 0 Å². The van der Waals surface area contributed by atoms with Gasteiger partial charge in [-0.3, -0.25) is 9.59 Å². The molecule has 2 rings (SSSR count). The van der Waals surface area contributed by atoms with Gasteiger partial charge in [0.25, 0.3) is 0 Å². The molecule has 0 aliphatic rings. The van der Waals surface area contributed by atoms with Crippen molar-refractivity contribution in [2.24, 2.45) is 0 Å². The molecule has 0 aromatic heterocycles. The van der Waals surface area contributed by atoms with Gasteiger partial charge in [-0.15, -0.1) is 0 Å². The maximum Gasteiger partial charge on any atom is 0.242 e. The zero-order valence-corrected chi connectivity index (χ0v) is 20.2. The Hall–Kier alpha value is -2.75. The van der Waals surface area contributed by atoms with Gasteiger partial charge in [-0.05, 0) is 36.6 Å². The number of sulfonamides is 1. The van der Waals surface area contributed by atoms with Gasteiger partial charge in [0.05, 0.1) is 11.5 Å². The van der Waals surface area contributed by atoms with Gasteiger partial charge in [-0.1, -0.05) is 49.4 Å². The maximum atomic E-state index is 13.1. The summed E-state index contributed by atoms with van der Waals surface area (Å²) < 4.78 is 31.6. The molecule has 0 radical (unpaired) electrons. The second kappa shape index (κ2) is 13.1. The van der Waals surface area contributed by atoms with E-state index in [0.29, 0.717) is 32.7 Å². The van der Waals surface area contributed by atoms with E-state index in [1.165, 1.54) is 12.1 Å². The van der Waals surface area contributed by atoms with Crippen LogP contribution in [0.4, 0.5) is 0 Å². The van der Waals surface area contributed by atoms with Gasteiger partial charge in [0, 0.05) is 33.2 Å². The van der Waals surface area contributed by atoms with E-state index in [1.807, 2.05) is 30.3 Å². The quantitative estimate of drug-likeness (QED) is 0.432. The Morgan fingerprint density at radius 3 is 2.30 bits per heavy atom. The zero-order valence-electron chi connectivity index (χ0n) is 19.4. The van der Waals surface area contributed by atoms with E-state index >= 15 is 0 Å². The highest BCUT2D eigenvalue weighted by Gasteiger charge is 2.25. The van der Waals surface area contributed by atoms with Crippen molar-refractivity contribution < 1.29 is 22.7 Å². The van der Waals surface area contributed by atoms with Crippen molar-refractivity contribution in [2.75, 3.05) is 26.8 Å². The third-order valence-corrected chi connectivity index (χ3v) is 6.73. The highest BCUT2D eigenvalue weighted by Crippen LogP contribution is 2.15. The van der Waals surface area contributed by atoms with Crippen LogP contribution < -0.4 is 10.0 Å². The second-order valence-corrected chi connectivity index (χ2v) is 9.38. The first kappa shape index (κ1) is 26.5. The van der Waals surface area contributed by atoms with E-state index in [1.54, 1.807) is 38.0 Å². The molecule has 8 nitrogen and oxygen atoms in total. The van der Waals surface area contributed by atoms with E-state index in [9.17, 15) is 18.0 Å². The van der Waals surface area contributed by atoms with E-state index in [2.05, 4.69) is 10.0 Å². The van der Waals surface area contributed by atoms with Crippen LogP contribution in [0.5, 0.6) is 0 Å². The molecule has 2 N–H and O–H groups in total. The van der Waals surface area contributed by atoms with Gasteiger partial charge >= 0.3 is 0 Å². The average molecular weight is 476 g/mol. The number of hydrogen-bond donors (Lipinski definition) is 2. The van der Waals surface area contributed by atoms with Crippen molar-refractivity contribution in [1.29, 1.82) is 0 Å². The first-order chi connectivity index (χ1) is 15.8. The van der Waals surface area contributed by atoms with Crippen LogP contribution in [0.15, 0.2) is 59.5 Å². The number of methoxy groups -OCH3 is 1. The number of aryl methyl sites for hydroxylation is 1. The number of nitrogens with one attached hydrogen (secondary N) is 2. The van der Waals surface area contributed by atoms with Crippen molar-refractivity contribution in [3.05, 3.63) is 65.7 Å². The fourth-order valence-electron chi connectivity index (χ4n) is 3.29. The van der Waals surface area contributed by atoms with Crippen molar-refractivity contribution >= 4 is 21.8 Å². The van der Waals surface area contributed by atoms with Crippen molar-refractivity contribution in [3.63, 3.8) is 0 Å². The Morgan fingerprint density at radius 1 is 1.03 bits per heavy atom. The molecule has 180 valence electrons. The molecule has 0 spiro atoms. The smallest absolute Gasteiger partial charge is 0.242 e. The van der Waals surface area contributed by atoms with Crippen molar-refractivity contribution in [1.82, 2.24) is 14.9 Å². The molecule has 1 atom stereocenters. The zero-order chi connectivity index (χ0) is 24.3. The minimum atomic E-state index is -3.52. The maximum absolute atomic E-state index is 13.1. The van der Waals surface area contributed by atoms with Crippen LogP contribution in [0.1, 0.15) is 31.4 Å². The third kappa shape index (κ3) is 8.27. The molecule has 2 aromatic rings. The third-order valence-electron chi connectivity index (χ3n) is 5.16. The Morgan fingerprint density at radius 2 is 1.70 bits per heavy atom. The molecule has 2 amide bonds. The van der Waals surface area contributed by atoms with Crippen LogP contribution in [0.3, 0.4) is 0 Å². The van der Waals surface area contributed by atoms with Crippen molar-refractivity contribution in [3.8, 4) is 0 Å². The summed E-state index contributed by atoms with van der Waals surface area (Å²) >= 11 is 0. The van der Waals surface area contributed by atoms with Crippen LogP contribution in [0.25, 0.3) is 0 Å². The van der Waals surface area contributed by atoms with E-state index in [-0.39, 0.29) is 23.1 Å². The Labute approximate surface area is 196 Å². The number of amides is 2. The molecule has 9 heteroatoms. The topological polar surface area (TPSA) is 105 Å². The fourth-order valence-corrected chi connectivity index (χ4v) is 4.33. The van der Waals surface area contributed by atoms with E-state index < -0.39 is 16.1 Å². The summed E-state index contributed by atoms with van der Waals surface area (Å²) in [4.78, 5) is 27.5. The second-order valence-electron chi connectivity index (χ2n) is 7.61. The molecule has 0 fully saturated rings. The lowest BCUT2D eigenvalue weighted by molar-refractivity contribution is -0.140. The predicted molar refractivity (Wildman–Crippen MR) is 127 cm³/mol. The molecule has 0 unspecified atom stereocenters. The van der Waals surface area contributed by atoms with Gasteiger partial charge in [-0.25, -0.2) is 13.1 Å². The number of benzene rings is 2. The number of carbonyl (C=O) groups excluding carboxylic acids is 2. The molecular weight excluding hydrogens is 442 g/mol. The van der Waals surface area contributed by atoms with Crippen molar-refractivity contribution in [2.45, 2.75) is 44.2 Å². The molecule has 0 saturated carbocycles. The predicted octanol–water partition coefficient (Wildman–Crippen LogP) is 2.10. The Kier molecular flexibility index (Phi) is 10.5. The summed E-state index contributed by atoms with van der Waals surface area (Å²) in [7, 11) is -1.96.